The molecule has 322 valence electrons. The van der Waals surface area contributed by atoms with E-state index < -0.39 is 36.7 Å². The first-order chi connectivity index (χ1) is 29.2. The van der Waals surface area contributed by atoms with E-state index in [4.69, 9.17) is 22.6 Å². The van der Waals surface area contributed by atoms with Crippen LogP contribution in [0.2, 0.25) is 0 Å². The van der Waals surface area contributed by atoms with Crippen molar-refractivity contribution in [2.24, 2.45) is 17.6 Å². The predicted octanol–water partition coefficient (Wildman–Crippen LogP) is 0.556. The summed E-state index contributed by atoms with van der Waals surface area (Å²) < 4.78 is 0. The number of hydrogen-bond donors (Lipinski definition) is 11. The number of nitrogens with two attached hydrogens (primary N) is 3. The van der Waals surface area contributed by atoms with E-state index in [0.29, 0.717) is 61.7 Å². The third kappa shape index (κ3) is 12.1. The molecule has 2 aliphatic heterocycles. The largest absolute Gasteiger partial charge is 0.394 e. The third-order valence-corrected chi connectivity index (χ3v) is 11.2. The Labute approximate surface area is 355 Å². The Bertz CT molecular complexity index is 2230. The van der Waals surface area contributed by atoms with E-state index in [1.54, 1.807) is 50.2 Å². The molecule has 0 unspecified atom stereocenters. The Morgan fingerprint density at radius 2 is 1.44 bits per heavy atom. The number of rotatable bonds is 17. The fourth-order valence-corrected chi connectivity index (χ4v) is 7.82. The average Bonchev–Trinajstić information content (AvgIpc) is 3.91. The van der Waals surface area contributed by atoms with Crippen molar-refractivity contribution >= 4 is 41.1 Å². The molecule has 0 bridgehead atoms. The van der Waals surface area contributed by atoms with Crippen LogP contribution in [0.4, 0.5) is 11.6 Å². The molecule has 4 aromatic rings. The number of carbonyl (C=O) groups excluding carboxylic acids is 4. The highest BCUT2D eigenvalue weighted by Crippen LogP contribution is 2.27. The summed E-state index contributed by atoms with van der Waals surface area (Å²) in [5.41, 5.74) is 24.2. The zero-order valence-corrected chi connectivity index (χ0v) is 34.5. The molecule has 6 atom stereocenters. The zero-order chi connectivity index (χ0) is 43.6. The molecule has 6 rings (SSSR count). The van der Waals surface area contributed by atoms with Gasteiger partial charge in [0.25, 0.3) is 0 Å². The SMILES string of the molecule is Cc1nc(N)ccc1CNC(=O)[C@H](CO)NC(=O)[C@H]1C[C@H](Cc2cccc(-c3cc(C[C@@H]4CN[C@@H](C(=O)N[C@@H](C)C(=O)NCc5ccc(C(=N)N)cc5)C4)cc(N)n3)c2)CN1. The van der Waals surface area contributed by atoms with Gasteiger partial charge in [0, 0.05) is 29.9 Å². The molecule has 0 radical (unpaired) electrons. The lowest BCUT2D eigenvalue weighted by molar-refractivity contribution is -0.130. The van der Waals surface area contributed by atoms with Crippen LogP contribution < -0.4 is 49.1 Å². The molecular weight excluding hydrogens is 777 g/mol. The van der Waals surface area contributed by atoms with Crippen molar-refractivity contribution < 1.29 is 24.3 Å². The Hall–Kier alpha value is -6.43. The second-order valence-corrected chi connectivity index (χ2v) is 16.0. The summed E-state index contributed by atoms with van der Waals surface area (Å²) in [6.45, 7) is 4.61. The van der Waals surface area contributed by atoms with Crippen LogP contribution in [0.25, 0.3) is 11.3 Å². The van der Waals surface area contributed by atoms with Crippen LogP contribution in [0.1, 0.15) is 53.3 Å². The molecule has 0 spiro atoms. The Morgan fingerprint density at radius 1 is 0.787 bits per heavy atom. The minimum absolute atomic E-state index is 0.0249. The highest BCUT2D eigenvalue weighted by molar-refractivity contribution is 5.95. The van der Waals surface area contributed by atoms with E-state index >= 15 is 0 Å². The Morgan fingerprint density at radius 3 is 2.10 bits per heavy atom. The highest BCUT2D eigenvalue weighted by Gasteiger charge is 2.33. The van der Waals surface area contributed by atoms with Gasteiger partial charge < -0.3 is 54.2 Å². The fraction of sp³-hybridized carbons (Fsp3) is 0.386. The summed E-state index contributed by atoms with van der Waals surface area (Å²) in [4.78, 5) is 60.7. The number of aliphatic hydroxyl groups excluding tert-OH is 1. The number of aliphatic hydroxyl groups is 1. The molecule has 17 nitrogen and oxygen atoms in total. The number of anilines is 2. The maximum Gasteiger partial charge on any atom is 0.245 e. The zero-order valence-electron chi connectivity index (χ0n) is 34.5. The van der Waals surface area contributed by atoms with Gasteiger partial charge in [-0.1, -0.05) is 48.5 Å². The quantitative estimate of drug-likeness (QED) is 0.0514. The van der Waals surface area contributed by atoms with E-state index in [0.717, 1.165) is 33.5 Å². The van der Waals surface area contributed by atoms with E-state index in [1.807, 2.05) is 30.3 Å². The van der Waals surface area contributed by atoms with Crippen LogP contribution in [-0.2, 0) is 45.1 Å². The number of benzene rings is 2. The monoisotopic (exact) mass is 832 g/mol. The van der Waals surface area contributed by atoms with Gasteiger partial charge in [-0.05, 0) is 111 Å². The van der Waals surface area contributed by atoms with Crippen LogP contribution in [0.5, 0.6) is 0 Å². The van der Waals surface area contributed by atoms with Crippen LogP contribution in [0, 0.1) is 24.2 Å². The number of aryl methyl sites for hydroxylation is 1. The third-order valence-electron chi connectivity index (χ3n) is 11.2. The summed E-state index contributed by atoms with van der Waals surface area (Å²) in [7, 11) is 0. The highest BCUT2D eigenvalue weighted by atomic mass is 16.3. The molecule has 61 heavy (non-hydrogen) atoms. The summed E-state index contributed by atoms with van der Waals surface area (Å²) >= 11 is 0. The first kappa shape index (κ1) is 44.1. The van der Waals surface area contributed by atoms with E-state index in [1.165, 1.54) is 0 Å². The predicted molar refractivity (Wildman–Crippen MR) is 232 cm³/mol. The minimum Gasteiger partial charge on any atom is -0.394 e. The Kier molecular flexibility index (Phi) is 14.6. The van der Waals surface area contributed by atoms with Gasteiger partial charge in [0.2, 0.25) is 23.6 Å². The molecular formula is C44H56N12O5. The number of carbonyl (C=O) groups is 4. The number of pyridine rings is 2. The number of aromatic nitrogens is 2. The minimum atomic E-state index is -1.10. The number of nitrogens with one attached hydrogen (secondary N) is 7. The normalized spacial score (nSPS) is 19.4. The lowest BCUT2D eigenvalue weighted by Gasteiger charge is -2.19. The number of amides is 4. The molecule has 2 fully saturated rings. The van der Waals surface area contributed by atoms with Crippen molar-refractivity contribution in [2.45, 2.75) is 76.8 Å². The van der Waals surface area contributed by atoms with Gasteiger partial charge in [0.05, 0.1) is 24.4 Å². The molecule has 4 heterocycles. The number of nitrogen functional groups attached to an aromatic ring is 3. The van der Waals surface area contributed by atoms with Crippen molar-refractivity contribution in [3.05, 3.63) is 106 Å². The van der Waals surface area contributed by atoms with E-state index in [2.05, 4.69) is 47.9 Å². The van der Waals surface area contributed by atoms with Gasteiger partial charge in [0.15, 0.2) is 0 Å². The number of nitrogens with zero attached hydrogens (tertiary/aromatic N) is 2. The molecule has 4 amide bonds. The van der Waals surface area contributed by atoms with Crippen molar-refractivity contribution in [2.75, 3.05) is 31.2 Å². The molecule has 2 aromatic carbocycles. The summed E-state index contributed by atoms with van der Waals surface area (Å²) in [6.07, 6.45) is 2.56. The fourth-order valence-electron chi connectivity index (χ4n) is 7.82. The lowest BCUT2D eigenvalue weighted by atomic mass is 9.93. The first-order valence-electron chi connectivity index (χ1n) is 20.5. The first-order valence-corrected chi connectivity index (χ1v) is 20.5. The average molecular weight is 833 g/mol. The van der Waals surface area contributed by atoms with Gasteiger partial charge in [-0.25, -0.2) is 9.97 Å². The van der Waals surface area contributed by atoms with Gasteiger partial charge in [-0.15, -0.1) is 0 Å². The molecule has 2 aliphatic rings. The van der Waals surface area contributed by atoms with Crippen LogP contribution in [-0.4, -0.2) is 88.4 Å². The van der Waals surface area contributed by atoms with Crippen molar-refractivity contribution in [3.63, 3.8) is 0 Å². The topological polar surface area (TPSA) is 288 Å². The van der Waals surface area contributed by atoms with E-state index in [-0.39, 0.29) is 48.5 Å². The Balaban J connectivity index is 0.961. The number of amidine groups is 1. The maximum absolute atomic E-state index is 13.2. The molecule has 14 N–H and O–H groups in total. The van der Waals surface area contributed by atoms with Crippen LogP contribution in [0.15, 0.2) is 72.8 Å². The molecule has 17 heteroatoms. The second-order valence-electron chi connectivity index (χ2n) is 16.0. The standard InChI is InChI=1S/C44H56N12O5/c1-24-33(10-11-38(45)53-24)22-52-42(59)37(23-57)56-44(61)36-16-29(20-50-36)12-27-4-3-5-32(14-27)34-15-28(18-39(46)55-34)13-30-17-35(49-21-30)43(60)54-25(2)41(58)51-19-26-6-8-31(9-7-26)40(47)48/h3-11,14-15,18,25,29-30,35-37,49-50,57H,12-13,16-17,19-23H2,1-2H3,(H2,45,53)(H2,46,55)(H3,47,48)(H,51,58)(H,52,59)(H,54,60)(H,56,61)/t25-,29-,30-,35+,36+,37-/m0/s1. The summed E-state index contributed by atoms with van der Waals surface area (Å²) in [6, 6.07) is 19.7. The smallest absolute Gasteiger partial charge is 0.245 e. The van der Waals surface area contributed by atoms with Crippen LogP contribution in [0.3, 0.4) is 0 Å². The van der Waals surface area contributed by atoms with Gasteiger partial charge in [-0.3, -0.25) is 24.6 Å². The number of hydrogen-bond acceptors (Lipinski definition) is 12. The van der Waals surface area contributed by atoms with Gasteiger partial charge in [0.1, 0.15) is 29.6 Å². The molecule has 2 aromatic heterocycles. The molecule has 0 aliphatic carbocycles. The van der Waals surface area contributed by atoms with Crippen LogP contribution >= 0.6 is 0 Å². The van der Waals surface area contributed by atoms with Crippen molar-refractivity contribution in [3.8, 4) is 11.3 Å². The lowest BCUT2D eigenvalue weighted by Crippen LogP contribution is -2.53. The van der Waals surface area contributed by atoms with E-state index in [9.17, 15) is 24.3 Å². The summed E-state index contributed by atoms with van der Waals surface area (Å²) in [5, 5.41) is 35.1. The van der Waals surface area contributed by atoms with Gasteiger partial charge in [-0.2, -0.15) is 0 Å². The second kappa shape index (κ2) is 20.2. The molecule has 0 saturated carbocycles. The summed E-state index contributed by atoms with van der Waals surface area (Å²) in [5.74, 6) is -0.297. The van der Waals surface area contributed by atoms with Gasteiger partial charge >= 0.3 is 0 Å². The van der Waals surface area contributed by atoms with Crippen molar-refractivity contribution in [1.29, 1.82) is 5.41 Å². The maximum atomic E-state index is 13.2. The van der Waals surface area contributed by atoms with Crippen molar-refractivity contribution in [1.82, 2.24) is 41.9 Å². The molecule has 2 saturated heterocycles.